The maximum Gasteiger partial charge on any atom is 0.248 e. The molecule has 1 aromatic heterocycles. The topological polar surface area (TPSA) is 87.2 Å². The Bertz CT molecular complexity index is 1100. The SMILES string of the molecule is N#Cc1c(-c2ccccc2)csc1N1C(=O)CC(Sc2cccc(N)c2)C1=O. The smallest absolute Gasteiger partial charge is 0.248 e. The van der Waals surface area contributed by atoms with Crippen LogP contribution in [0.25, 0.3) is 11.1 Å². The molecular weight excluding hydrogens is 390 g/mol. The number of rotatable bonds is 4. The van der Waals surface area contributed by atoms with Gasteiger partial charge in [0.2, 0.25) is 11.8 Å². The Labute approximate surface area is 170 Å². The first-order chi connectivity index (χ1) is 13.6. The fraction of sp³-hybridized carbons (Fsp3) is 0.0952. The number of thiophene rings is 1. The fourth-order valence-electron chi connectivity index (χ4n) is 3.11. The van der Waals surface area contributed by atoms with Gasteiger partial charge in [-0.2, -0.15) is 5.26 Å². The van der Waals surface area contributed by atoms with E-state index in [0.29, 0.717) is 16.3 Å². The number of thioether (sulfide) groups is 1. The van der Waals surface area contributed by atoms with E-state index in [2.05, 4.69) is 6.07 Å². The van der Waals surface area contributed by atoms with Crippen LogP contribution in [0.4, 0.5) is 10.7 Å². The van der Waals surface area contributed by atoms with Gasteiger partial charge in [0.05, 0.1) is 10.8 Å². The lowest BCUT2D eigenvalue weighted by molar-refractivity contribution is -0.121. The van der Waals surface area contributed by atoms with E-state index >= 15 is 0 Å². The Morgan fingerprint density at radius 1 is 1.14 bits per heavy atom. The lowest BCUT2D eigenvalue weighted by atomic mass is 10.0. The molecular formula is C21H15N3O2S2. The molecule has 1 unspecified atom stereocenters. The van der Waals surface area contributed by atoms with Crippen molar-refractivity contribution in [1.29, 1.82) is 5.26 Å². The van der Waals surface area contributed by atoms with Crippen molar-refractivity contribution in [2.45, 2.75) is 16.6 Å². The number of hydrogen-bond acceptors (Lipinski definition) is 6. The van der Waals surface area contributed by atoms with Crippen molar-refractivity contribution in [2.24, 2.45) is 0 Å². The normalized spacial score (nSPS) is 16.4. The van der Waals surface area contributed by atoms with Crippen molar-refractivity contribution in [3.05, 3.63) is 65.5 Å². The van der Waals surface area contributed by atoms with Crippen molar-refractivity contribution >= 4 is 45.6 Å². The maximum absolute atomic E-state index is 13.0. The molecule has 7 heteroatoms. The van der Waals surface area contributed by atoms with Gasteiger partial charge >= 0.3 is 0 Å². The van der Waals surface area contributed by atoms with E-state index in [1.165, 1.54) is 28.0 Å². The summed E-state index contributed by atoms with van der Waals surface area (Å²) in [7, 11) is 0. The molecule has 1 atom stereocenters. The molecule has 0 radical (unpaired) electrons. The molecule has 2 aromatic carbocycles. The molecule has 138 valence electrons. The number of hydrogen-bond donors (Lipinski definition) is 1. The van der Waals surface area contributed by atoms with Gasteiger partial charge in [0.15, 0.2) is 0 Å². The number of carbonyl (C=O) groups excluding carboxylic acids is 2. The van der Waals surface area contributed by atoms with Gasteiger partial charge in [0.25, 0.3) is 0 Å². The number of nitrogen functional groups attached to an aromatic ring is 1. The number of benzene rings is 2. The molecule has 3 aromatic rings. The zero-order valence-corrected chi connectivity index (χ0v) is 16.3. The Hall–Kier alpha value is -3.08. The van der Waals surface area contributed by atoms with Gasteiger partial charge in [-0.1, -0.05) is 36.4 Å². The molecule has 0 saturated carbocycles. The molecule has 5 nitrogen and oxygen atoms in total. The summed E-state index contributed by atoms with van der Waals surface area (Å²) in [4.78, 5) is 27.6. The van der Waals surface area contributed by atoms with Crippen LogP contribution in [-0.4, -0.2) is 17.1 Å². The number of imide groups is 1. The second-order valence-corrected chi connectivity index (χ2v) is 8.39. The third-order valence-corrected chi connectivity index (χ3v) is 6.56. The summed E-state index contributed by atoms with van der Waals surface area (Å²) >= 11 is 2.57. The first-order valence-corrected chi connectivity index (χ1v) is 10.3. The van der Waals surface area contributed by atoms with E-state index in [-0.39, 0.29) is 18.2 Å². The zero-order valence-electron chi connectivity index (χ0n) is 14.7. The predicted octanol–water partition coefficient (Wildman–Crippen LogP) is 4.29. The summed E-state index contributed by atoms with van der Waals surface area (Å²) in [6.07, 6.45) is 0.0989. The van der Waals surface area contributed by atoms with Crippen LogP contribution in [0.1, 0.15) is 12.0 Å². The second-order valence-electron chi connectivity index (χ2n) is 6.26. The minimum atomic E-state index is -0.525. The maximum atomic E-state index is 13.0. The van der Waals surface area contributed by atoms with E-state index in [1.807, 2.05) is 47.8 Å². The number of nitrogens with two attached hydrogens (primary N) is 1. The third-order valence-electron chi connectivity index (χ3n) is 4.41. The first-order valence-electron chi connectivity index (χ1n) is 8.54. The molecule has 4 rings (SSSR count). The largest absolute Gasteiger partial charge is 0.399 e. The number of carbonyl (C=O) groups is 2. The van der Waals surface area contributed by atoms with Crippen LogP contribution in [0.3, 0.4) is 0 Å². The molecule has 2 heterocycles. The minimum Gasteiger partial charge on any atom is -0.399 e. The molecule has 1 fully saturated rings. The third kappa shape index (κ3) is 3.28. The van der Waals surface area contributed by atoms with Crippen molar-refractivity contribution in [2.75, 3.05) is 10.6 Å². The lowest BCUT2D eigenvalue weighted by Gasteiger charge is -2.13. The first kappa shape index (κ1) is 18.3. The Balaban J connectivity index is 1.65. The predicted molar refractivity (Wildman–Crippen MR) is 112 cm³/mol. The molecule has 0 spiro atoms. The molecule has 2 N–H and O–H groups in total. The second kappa shape index (κ2) is 7.50. The van der Waals surface area contributed by atoms with Gasteiger partial charge in [-0.05, 0) is 23.8 Å². The van der Waals surface area contributed by atoms with Gasteiger partial charge in [-0.15, -0.1) is 23.1 Å². The van der Waals surface area contributed by atoms with Gasteiger partial charge in [-0.25, -0.2) is 4.90 Å². The van der Waals surface area contributed by atoms with Crippen LogP contribution >= 0.6 is 23.1 Å². The van der Waals surface area contributed by atoms with Crippen molar-refractivity contribution in [3.8, 4) is 17.2 Å². The molecule has 1 aliphatic heterocycles. The highest BCUT2D eigenvalue weighted by Gasteiger charge is 2.42. The van der Waals surface area contributed by atoms with E-state index in [4.69, 9.17) is 5.73 Å². The van der Waals surface area contributed by atoms with Crippen molar-refractivity contribution in [1.82, 2.24) is 0 Å². The van der Waals surface area contributed by atoms with Crippen LogP contribution in [0.5, 0.6) is 0 Å². The van der Waals surface area contributed by atoms with E-state index < -0.39 is 5.25 Å². The Kier molecular flexibility index (Phi) is 4.90. The average molecular weight is 406 g/mol. The molecule has 2 amide bonds. The van der Waals surface area contributed by atoms with Crippen LogP contribution in [0.15, 0.2) is 64.9 Å². The number of nitrogens with zero attached hydrogens (tertiary/aromatic N) is 2. The number of nitriles is 1. The molecule has 1 aliphatic rings. The van der Waals surface area contributed by atoms with Crippen molar-refractivity contribution in [3.63, 3.8) is 0 Å². The van der Waals surface area contributed by atoms with Gasteiger partial charge in [-0.3, -0.25) is 9.59 Å². The highest BCUT2D eigenvalue weighted by Crippen LogP contribution is 2.41. The summed E-state index contributed by atoms with van der Waals surface area (Å²) in [6, 6.07) is 18.9. The summed E-state index contributed by atoms with van der Waals surface area (Å²) in [6.45, 7) is 0. The molecule has 28 heavy (non-hydrogen) atoms. The summed E-state index contributed by atoms with van der Waals surface area (Å²) < 4.78 is 0. The summed E-state index contributed by atoms with van der Waals surface area (Å²) in [5.74, 6) is -0.584. The van der Waals surface area contributed by atoms with Gasteiger partial charge in [0, 0.05) is 27.9 Å². The van der Waals surface area contributed by atoms with E-state index in [0.717, 1.165) is 16.0 Å². The lowest BCUT2D eigenvalue weighted by Crippen LogP contribution is -2.31. The molecule has 0 aliphatic carbocycles. The van der Waals surface area contributed by atoms with Crippen LogP contribution in [-0.2, 0) is 9.59 Å². The summed E-state index contributed by atoms with van der Waals surface area (Å²) in [5, 5.41) is 11.4. The zero-order chi connectivity index (χ0) is 19.7. The van der Waals surface area contributed by atoms with E-state index in [1.54, 1.807) is 12.1 Å². The van der Waals surface area contributed by atoms with Crippen molar-refractivity contribution < 1.29 is 9.59 Å². The number of amides is 2. The highest BCUT2D eigenvalue weighted by atomic mass is 32.2. The minimum absolute atomic E-state index is 0.0989. The summed E-state index contributed by atoms with van der Waals surface area (Å²) in [5.41, 5.74) is 8.37. The quantitative estimate of drug-likeness (QED) is 0.517. The van der Waals surface area contributed by atoms with Gasteiger partial charge < -0.3 is 5.73 Å². The average Bonchev–Trinajstić information content (AvgIpc) is 3.23. The van der Waals surface area contributed by atoms with Crippen LogP contribution < -0.4 is 10.6 Å². The Morgan fingerprint density at radius 3 is 2.64 bits per heavy atom. The van der Waals surface area contributed by atoms with Crippen LogP contribution in [0.2, 0.25) is 0 Å². The van der Waals surface area contributed by atoms with Crippen LogP contribution in [0, 0.1) is 11.3 Å². The highest BCUT2D eigenvalue weighted by molar-refractivity contribution is 8.00. The molecule has 1 saturated heterocycles. The molecule has 0 bridgehead atoms. The standard InChI is InChI=1S/C21H15N3O2S2/c22-11-16-17(13-5-2-1-3-6-13)12-27-21(16)24-19(25)10-18(20(24)26)28-15-8-4-7-14(23)9-15/h1-9,12,18H,10,23H2. The Morgan fingerprint density at radius 2 is 1.93 bits per heavy atom. The number of anilines is 2. The fourth-order valence-corrected chi connectivity index (χ4v) is 5.29. The van der Waals surface area contributed by atoms with E-state index in [9.17, 15) is 14.9 Å². The van der Waals surface area contributed by atoms with Gasteiger partial charge in [0.1, 0.15) is 11.1 Å². The monoisotopic (exact) mass is 405 g/mol.